The van der Waals surface area contributed by atoms with E-state index in [-0.39, 0.29) is 5.91 Å². The molecular formula is C16H18BrN5O2. The number of rotatable bonds is 6. The number of hydrogen-bond donors (Lipinski definition) is 1. The Hall–Kier alpha value is -2.35. The fourth-order valence-electron chi connectivity index (χ4n) is 2.57. The molecule has 0 atom stereocenters. The van der Waals surface area contributed by atoms with Gasteiger partial charge in [-0.2, -0.15) is 5.10 Å². The average Bonchev–Trinajstić information content (AvgIpc) is 3.12. The first-order chi connectivity index (χ1) is 11.6. The molecule has 0 aliphatic rings. The van der Waals surface area contributed by atoms with Gasteiger partial charge in [0.15, 0.2) is 5.69 Å². The van der Waals surface area contributed by atoms with Crippen molar-refractivity contribution in [2.75, 3.05) is 13.7 Å². The van der Waals surface area contributed by atoms with Crippen LogP contribution in [0.3, 0.4) is 0 Å². The SMILES string of the molecule is COc1c(Br)c(C(=O)NCCCn2cnc3ccccc32)nn1C. The number of carbonyl (C=O) groups is 1. The maximum Gasteiger partial charge on any atom is 0.273 e. The number of carbonyl (C=O) groups excluding carboxylic acids is 1. The van der Waals surface area contributed by atoms with E-state index >= 15 is 0 Å². The normalized spacial score (nSPS) is 11.0. The van der Waals surface area contributed by atoms with Crippen molar-refractivity contribution in [1.82, 2.24) is 24.6 Å². The molecule has 24 heavy (non-hydrogen) atoms. The minimum absolute atomic E-state index is 0.226. The van der Waals surface area contributed by atoms with Crippen LogP contribution in [-0.4, -0.2) is 38.9 Å². The lowest BCUT2D eigenvalue weighted by molar-refractivity contribution is 0.0946. The second kappa shape index (κ2) is 7.04. The van der Waals surface area contributed by atoms with Crippen LogP contribution >= 0.6 is 15.9 Å². The number of nitrogens with zero attached hydrogens (tertiary/aromatic N) is 4. The molecule has 0 bridgehead atoms. The van der Waals surface area contributed by atoms with Crippen molar-refractivity contribution in [1.29, 1.82) is 0 Å². The molecule has 1 aromatic carbocycles. The van der Waals surface area contributed by atoms with Gasteiger partial charge < -0.3 is 14.6 Å². The Balaban J connectivity index is 1.56. The number of halogens is 1. The second-order valence-electron chi connectivity index (χ2n) is 5.33. The standard InChI is InChI=1S/C16H18BrN5O2/c1-21-16(24-2)13(17)14(20-21)15(23)18-8-5-9-22-10-19-11-6-3-4-7-12(11)22/h3-4,6-7,10H,5,8-9H2,1-2H3,(H,18,23). The molecule has 0 saturated carbocycles. The zero-order valence-electron chi connectivity index (χ0n) is 13.5. The number of hydrogen-bond acceptors (Lipinski definition) is 4. The van der Waals surface area contributed by atoms with Crippen LogP contribution in [0.25, 0.3) is 11.0 Å². The summed E-state index contributed by atoms with van der Waals surface area (Å²) in [7, 11) is 3.27. The third kappa shape index (κ3) is 3.14. The summed E-state index contributed by atoms with van der Waals surface area (Å²) in [6.07, 6.45) is 2.63. The summed E-state index contributed by atoms with van der Waals surface area (Å²) in [5, 5.41) is 7.05. The van der Waals surface area contributed by atoms with Gasteiger partial charge in [-0.25, -0.2) is 9.67 Å². The Kier molecular flexibility index (Phi) is 4.84. The number of amides is 1. The summed E-state index contributed by atoms with van der Waals surface area (Å²) in [5.74, 6) is 0.293. The number of nitrogens with one attached hydrogen (secondary N) is 1. The predicted molar refractivity (Wildman–Crippen MR) is 94.1 cm³/mol. The molecule has 3 aromatic rings. The topological polar surface area (TPSA) is 74.0 Å². The van der Waals surface area contributed by atoms with E-state index in [1.54, 1.807) is 14.2 Å². The summed E-state index contributed by atoms with van der Waals surface area (Å²) < 4.78 is 9.36. The number of aromatic nitrogens is 4. The number of methoxy groups -OCH3 is 1. The molecule has 0 aliphatic heterocycles. The number of aryl methyl sites for hydroxylation is 2. The van der Waals surface area contributed by atoms with E-state index in [1.165, 1.54) is 4.68 Å². The van der Waals surface area contributed by atoms with Crippen molar-refractivity contribution in [3.8, 4) is 5.88 Å². The molecule has 126 valence electrons. The monoisotopic (exact) mass is 391 g/mol. The lowest BCUT2D eigenvalue weighted by Crippen LogP contribution is -2.26. The van der Waals surface area contributed by atoms with Crippen molar-refractivity contribution >= 4 is 32.9 Å². The van der Waals surface area contributed by atoms with Crippen LogP contribution in [0.2, 0.25) is 0 Å². The Morgan fingerprint density at radius 1 is 1.38 bits per heavy atom. The van der Waals surface area contributed by atoms with E-state index in [1.807, 2.05) is 30.6 Å². The van der Waals surface area contributed by atoms with E-state index in [9.17, 15) is 4.79 Å². The molecule has 0 spiro atoms. The van der Waals surface area contributed by atoms with Gasteiger partial charge in [-0.1, -0.05) is 12.1 Å². The van der Waals surface area contributed by atoms with Crippen LogP contribution in [0, 0.1) is 0 Å². The molecule has 7 nitrogen and oxygen atoms in total. The van der Waals surface area contributed by atoms with E-state index in [0.717, 1.165) is 24.0 Å². The lowest BCUT2D eigenvalue weighted by Gasteiger charge is -2.06. The first-order valence-corrected chi connectivity index (χ1v) is 8.35. The van der Waals surface area contributed by atoms with Crippen LogP contribution in [0.15, 0.2) is 35.1 Å². The Labute approximate surface area is 147 Å². The third-order valence-corrected chi connectivity index (χ3v) is 4.45. The molecule has 3 rings (SSSR count). The highest BCUT2D eigenvalue weighted by Gasteiger charge is 2.20. The van der Waals surface area contributed by atoms with Gasteiger partial charge in [0, 0.05) is 20.1 Å². The number of fused-ring (bicyclic) bond motifs is 1. The quantitative estimate of drug-likeness (QED) is 0.654. The second-order valence-corrected chi connectivity index (χ2v) is 6.12. The molecule has 1 N–H and O–H groups in total. The summed E-state index contributed by atoms with van der Waals surface area (Å²) in [4.78, 5) is 16.6. The molecule has 0 aliphatic carbocycles. The van der Waals surface area contributed by atoms with Gasteiger partial charge in [0.05, 0.1) is 24.5 Å². The van der Waals surface area contributed by atoms with Crippen LogP contribution < -0.4 is 10.1 Å². The Bertz CT molecular complexity index is 871. The zero-order chi connectivity index (χ0) is 17.1. The van der Waals surface area contributed by atoms with Crippen molar-refractivity contribution in [3.05, 3.63) is 40.8 Å². The fourth-order valence-corrected chi connectivity index (χ4v) is 3.25. The molecule has 0 fully saturated rings. The van der Waals surface area contributed by atoms with Crippen LogP contribution in [0.4, 0.5) is 0 Å². The largest absolute Gasteiger partial charge is 0.480 e. The summed E-state index contributed by atoms with van der Waals surface area (Å²) in [5.41, 5.74) is 2.40. The summed E-state index contributed by atoms with van der Waals surface area (Å²) in [6, 6.07) is 7.99. The predicted octanol–water partition coefficient (Wildman–Crippen LogP) is 2.36. The van der Waals surface area contributed by atoms with E-state index in [0.29, 0.717) is 22.6 Å². The molecule has 1 amide bonds. The van der Waals surface area contributed by atoms with E-state index in [4.69, 9.17) is 4.74 Å². The third-order valence-electron chi connectivity index (χ3n) is 3.74. The van der Waals surface area contributed by atoms with Crippen LogP contribution in [0.5, 0.6) is 5.88 Å². The van der Waals surface area contributed by atoms with Crippen LogP contribution in [0.1, 0.15) is 16.9 Å². The molecule has 2 aromatic heterocycles. The minimum Gasteiger partial charge on any atom is -0.480 e. The van der Waals surface area contributed by atoms with Crippen molar-refractivity contribution in [2.45, 2.75) is 13.0 Å². The van der Waals surface area contributed by atoms with Gasteiger partial charge in [-0.05, 0) is 34.5 Å². The molecule has 8 heteroatoms. The molecule has 0 unspecified atom stereocenters. The van der Waals surface area contributed by atoms with Crippen molar-refractivity contribution in [2.24, 2.45) is 7.05 Å². The number of para-hydroxylation sites is 2. The van der Waals surface area contributed by atoms with Gasteiger partial charge >= 0.3 is 0 Å². The highest BCUT2D eigenvalue weighted by atomic mass is 79.9. The van der Waals surface area contributed by atoms with Gasteiger partial charge in [0.1, 0.15) is 4.47 Å². The summed E-state index contributed by atoms with van der Waals surface area (Å²) in [6.45, 7) is 1.34. The average molecular weight is 392 g/mol. The first kappa shape index (κ1) is 16.5. The van der Waals surface area contributed by atoms with E-state index in [2.05, 4.69) is 35.9 Å². The van der Waals surface area contributed by atoms with Gasteiger partial charge in [0.2, 0.25) is 5.88 Å². The number of imidazole rings is 1. The molecule has 0 saturated heterocycles. The van der Waals surface area contributed by atoms with Gasteiger partial charge in [-0.3, -0.25) is 4.79 Å². The summed E-state index contributed by atoms with van der Waals surface area (Å²) >= 11 is 3.35. The van der Waals surface area contributed by atoms with Gasteiger partial charge in [-0.15, -0.1) is 0 Å². The van der Waals surface area contributed by atoms with Crippen molar-refractivity contribution < 1.29 is 9.53 Å². The molecule has 2 heterocycles. The smallest absolute Gasteiger partial charge is 0.273 e. The fraction of sp³-hybridized carbons (Fsp3) is 0.312. The Morgan fingerprint density at radius 3 is 2.92 bits per heavy atom. The van der Waals surface area contributed by atoms with Gasteiger partial charge in [0.25, 0.3) is 5.91 Å². The number of benzene rings is 1. The maximum atomic E-state index is 12.2. The first-order valence-electron chi connectivity index (χ1n) is 7.56. The highest BCUT2D eigenvalue weighted by Crippen LogP contribution is 2.27. The molecule has 0 radical (unpaired) electrons. The van der Waals surface area contributed by atoms with Crippen LogP contribution in [-0.2, 0) is 13.6 Å². The van der Waals surface area contributed by atoms with Crippen molar-refractivity contribution in [3.63, 3.8) is 0 Å². The lowest BCUT2D eigenvalue weighted by atomic mass is 10.3. The minimum atomic E-state index is -0.226. The molecular weight excluding hydrogens is 374 g/mol. The maximum absolute atomic E-state index is 12.2. The highest BCUT2D eigenvalue weighted by molar-refractivity contribution is 9.10. The van der Waals surface area contributed by atoms with E-state index < -0.39 is 0 Å². The Morgan fingerprint density at radius 2 is 2.17 bits per heavy atom. The number of ether oxygens (including phenoxy) is 1. The zero-order valence-corrected chi connectivity index (χ0v) is 15.1.